The lowest BCUT2D eigenvalue weighted by atomic mass is 9.78. The summed E-state index contributed by atoms with van der Waals surface area (Å²) in [7, 11) is 0. The minimum Gasteiger partial charge on any atom is -0.313 e. The molecule has 1 saturated heterocycles. The lowest BCUT2D eigenvalue weighted by molar-refractivity contribution is 0.265. The molecule has 0 bridgehead atoms. The number of hydrogen-bond acceptors (Lipinski definition) is 3. The summed E-state index contributed by atoms with van der Waals surface area (Å²) in [5.74, 6) is 6.55. The molecule has 0 saturated carbocycles. The minimum atomic E-state index is 0.319. The van der Waals surface area contributed by atoms with Crippen LogP contribution in [0.5, 0.6) is 0 Å². The van der Waals surface area contributed by atoms with Crippen LogP contribution in [0.2, 0.25) is 0 Å². The first-order chi connectivity index (χ1) is 6.95. The summed E-state index contributed by atoms with van der Waals surface area (Å²) in [6.45, 7) is 11.9. The molecule has 0 radical (unpaired) electrons. The Hall–Kier alpha value is -0.540. The van der Waals surface area contributed by atoms with Gasteiger partial charge in [-0.3, -0.25) is 0 Å². The van der Waals surface area contributed by atoms with Crippen molar-refractivity contribution in [1.29, 1.82) is 0 Å². The van der Waals surface area contributed by atoms with E-state index in [4.69, 9.17) is 5.84 Å². The quantitative estimate of drug-likeness (QED) is 0.683. The molecule has 1 unspecified atom stereocenters. The van der Waals surface area contributed by atoms with Crippen molar-refractivity contribution in [2.45, 2.75) is 34.1 Å². The lowest BCUT2D eigenvalue weighted by Crippen LogP contribution is -2.45. The number of piperazine rings is 1. The maximum Gasteiger partial charge on any atom is 0.0464 e. The Morgan fingerprint density at radius 3 is 2.67 bits per heavy atom. The number of hydrazine groups is 1. The zero-order valence-corrected chi connectivity index (χ0v) is 10.5. The molecule has 1 rings (SSSR count). The van der Waals surface area contributed by atoms with Gasteiger partial charge in [0, 0.05) is 25.3 Å². The Morgan fingerprint density at radius 1 is 1.53 bits per heavy atom. The zero-order chi connectivity index (χ0) is 11.5. The second kappa shape index (κ2) is 4.99. The molecular weight excluding hydrogens is 186 g/mol. The van der Waals surface area contributed by atoms with Crippen molar-refractivity contribution in [1.82, 2.24) is 10.3 Å². The molecule has 0 aromatic heterocycles. The van der Waals surface area contributed by atoms with Gasteiger partial charge in [0.1, 0.15) is 0 Å². The number of nitrogens with two attached hydrogens (primary N) is 1. The zero-order valence-electron chi connectivity index (χ0n) is 10.5. The van der Waals surface area contributed by atoms with Crippen molar-refractivity contribution >= 4 is 0 Å². The fourth-order valence-corrected chi connectivity index (χ4v) is 2.03. The van der Waals surface area contributed by atoms with Gasteiger partial charge in [-0.2, -0.15) is 0 Å². The molecule has 1 atom stereocenters. The maximum atomic E-state index is 5.95. The van der Waals surface area contributed by atoms with Crippen LogP contribution in [0.4, 0.5) is 0 Å². The Labute approximate surface area is 93.7 Å². The molecule has 0 aromatic rings. The fraction of sp³-hybridized carbons (Fsp3) is 0.833. The van der Waals surface area contributed by atoms with Gasteiger partial charge in [0.05, 0.1) is 0 Å². The standard InChI is InChI=1S/C12H25N3/c1-5-10(12(2,3)4)8-11-9-14-6-7-15(11)13/h8,10,14H,5-7,9,13H2,1-4H3/b11-8-. The van der Waals surface area contributed by atoms with Crippen LogP contribution in [0.3, 0.4) is 0 Å². The summed E-state index contributed by atoms with van der Waals surface area (Å²) in [4.78, 5) is 0. The van der Waals surface area contributed by atoms with Crippen molar-refractivity contribution in [2.75, 3.05) is 19.6 Å². The third-order valence-electron chi connectivity index (χ3n) is 3.15. The first-order valence-electron chi connectivity index (χ1n) is 5.88. The van der Waals surface area contributed by atoms with Crippen molar-refractivity contribution in [3.05, 3.63) is 11.8 Å². The van der Waals surface area contributed by atoms with Crippen LogP contribution in [0.1, 0.15) is 34.1 Å². The van der Waals surface area contributed by atoms with Crippen LogP contribution in [0.15, 0.2) is 11.8 Å². The molecule has 1 aliphatic heterocycles. The van der Waals surface area contributed by atoms with Crippen molar-refractivity contribution in [3.63, 3.8) is 0 Å². The van der Waals surface area contributed by atoms with Gasteiger partial charge >= 0.3 is 0 Å². The van der Waals surface area contributed by atoms with Gasteiger partial charge in [-0.25, -0.2) is 5.84 Å². The van der Waals surface area contributed by atoms with E-state index in [0.717, 1.165) is 19.6 Å². The maximum absolute atomic E-state index is 5.95. The van der Waals surface area contributed by atoms with Crippen LogP contribution in [0, 0.1) is 11.3 Å². The van der Waals surface area contributed by atoms with Crippen molar-refractivity contribution < 1.29 is 0 Å². The number of allylic oxidation sites excluding steroid dienone is 1. The lowest BCUT2D eigenvalue weighted by Gasteiger charge is -2.32. The van der Waals surface area contributed by atoms with E-state index in [1.165, 1.54) is 12.1 Å². The third-order valence-corrected chi connectivity index (χ3v) is 3.15. The summed E-state index contributed by atoms with van der Waals surface area (Å²) >= 11 is 0. The smallest absolute Gasteiger partial charge is 0.0464 e. The molecule has 3 nitrogen and oxygen atoms in total. The summed E-state index contributed by atoms with van der Waals surface area (Å²) < 4.78 is 0. The molecule has 15 heavy (non-hydrogen) atoms. The molecule has 0 aromatic carbocycles. The highest BCUT2D eigenvalue weighted by Crippen LogP contribution is 2.30. The molecule has 1 fully saturated rings. The monoisotopic (exact) mass is 211 g/mol. The average Bonchev–Trinajstić information content (AvgIpc) is 2.14. The highest BCUT2D eigenvalue weighted by atomic mass is 15.4. The molecule has 1 aliphatic rings. The molecule has 3 N–H and O–H groups in total. The van der Waals surface area contributed by atoms with Crippen LogP contribution < -0.4 is 11.2 Å². The molecule has 0 amide bonds. The third kappa shape index (κ3) is 3.50. The summed E-state index contributed by atoms with van der Waals surface area (Å²) in [6.07, 6.45) is 3.51. The van der Waals surface area contributed by atoms with Gasteiger partial charge in [-0.05, 0) is 17.8 Å². The normalized spacial score (nSPS) is 23.3. The van der Waals surface area contributed by atoms with Gasteiger partial charge in [0.25, 0.3) is 0 Å². The van der Waals surface area contributed by atoms with E-state index in [-0.39, 0.29) is 0 Å². The molecule has 3 heteroatoms. The Morgan fingerprint density at radius 2 is 2.20 bits per heavy atom. The number of nitrogens with zero attached hydrogens (tertiary/aromatic N) is 1. The molecule has 1 heterocycles. The predicted octanol–water partition coefficient (Wildman–Crippen LogP) is 1.72. The van der Waals surface area contributed by atoms with Crippen LogP contribution in [-0.2, 0) is 0 Å². The fourth-order valence-electron chi connectivity index (χ4n) is 2.03. The van der Waals surface area contributed by atoms with E-state index in [9.17, 15) is 0 Å². The largest absolute Gasteiger partial charge is 0.313 e. The van der Waals surface area contributed by atoms with Gasteiger partial charge < -0.3 is 10.3 Å². The van der Waals surface area contributed by atoms with Gasteiger partial charge in [-0.15, -0.1) is 0 Å². The number of rotatable bonds is 2. The van der Waals surface area contributed by atoms with E-state index in [1.54, 1.807) is 0 Å². The van der Waals surface area contributed by atoms with Crippen LogP contribution in [0.25, 0.3) is 0 Å². The van der Waals surface area contributed by atoms with Crippen LogP contribution >= 0.6 is 0 Å². The summed E-state index contributed by atoms with van der Waals surface area (Å²) in [6, 6.07) is 0. The number of hydrogen-bond donors (Lipinski definition) is 2. The van der Waals surface area contributed by atoms with Gasteiger partial charge in [0.2, 0.25) is 0 Å². The molecule has 0 aliphatic carbocycles. The topological polar surface area (TPSA) is 41.3 Å². The van der Waals surface area contributed by atoms with E-state index in [1.807, 2.05) is 5.01 Å². The van der Waals surface area contributed by atoms with Crippen molar-refractivity contribution in [2.24, 2.45) is 17.2 Å². The Kier molecular flexibility index (Phi) is 4.17. The van der Waals surface area contributed by atoms with E-state index in [0.29, 0.717) is 11.3 Å². The molecule has 0 spiro atoms. The highest BCUT2D eigenvalue weighted by molar-refractivity contribution is 5.08. The van der Waals surface area contributed by atoms with E-state index < -0.39 is 0 Å². The minimum absolute atomic E-state index is 0.319. The van der Waals surface area contributed by atoms with Gasteiger partial charge in [-0.1, -0.05) is 33.8 Å². The summed E-state index contributed by atoms with van der Waals surface area (Å²) in [5.41, 5.74) is 1.56. The SMILES string of the molecule is CCC(/C=C1/CNCCN1N)C(C)(C)C. The predicted molar refractivity (Wildman–Crippen MR) is 65.1 cm³/mol. The second-order valence-electron chi connectivity index (χ2n) is 5.41. The van der Waals surface area contributed by atoms with E-state index >= 15 is 0 Å². The second-order valence-corrected chi connectivity index (χ2v) is 5.41. The first-order valence-corrected chi connectivity index (χ1v) is 5.88. The van der Waals surface area contributed by atoms with Gasteiger partial charge in [0.15, 0.2) is 0 Å². The van der Waals surface area contributed by atoms with Crippen LogP contribution in [-0.4, -0.2) is 24.6 Å². The van der Waals surface area contributed by atoms with E-state index in [2.05, 4.69) is 39.1 Å². The summed E-state index contributed by atoms with van der Waals surface area (Å²) in [5, 5.41) is 5.24. The Bertz CT molecular complexity index is 228. The van der Waals surface area contributed by atoms with Crippen molar-refractivity contribution in [3.8, 4) is 0 Å². The highest BCUT2D eigenvalue weighted by Gasteiger charge is 2.22. The average molecular weight is 211 g/mol. The first kappa shape index (κ1) is 12.5. The molecule has 88 valence electrons. The molecular formula is C12H25N3. The number of nitrogens with one attached hydrogen (secondary N) is 1. The Balaban J connectivity index is 2.73.